The average molecular weight is 215 g/mol. The molecule has 0 bridgehead atoms. The van der Waals surface area contributed by atoms with Gasteiger partial charge in [0, 0.05) is 12.5 Å². The smallest absolute Gasteiger partial charge is 0.124 e. The molecule has 16 heavy (non-hydrogen) atoms. The highest BCUT2D eigenvalue weighted by Crippen LogP contribution is 2.22. The number of unbranched alkanes of at least 4 members (excludes halogenated alkanes) is 1. The summed E-state index contributed by atoms with van der Waals surface area (Å²) in [7, 11) is 1.55. The number of ether oxygens (including phenoxy) is 2. The van der Waals surface area contributed by atoms with Crippen molar-refractivity contribution in [1.82, 2.24) is 0 Å². The van der Waals surface area contributed by atoms with E-state index in [1.54, 1.807) is 25.3 Å². The van der Waals surface area contributed by atoms with Gasteiger partial charge in [-0.15, -0.1) is 12.3 Å². The zero-order chi connectivity index (χ0) is 11.8. The van der Waals surface area contributed by atoms with Gasteiger partial charge in [0.05, 0.1) is 25.3 Å². The summed E-state index contributed by atoms with van der Waals surface area (Å²) >= 11 is 0. The van der Waals surface area contributed by atoms with Crippen LogP contribution in [0, 0.1) is 23.7 Å². The fourth-order valence-electron chi connectivity index (χ4n) is 1.20. The molecule has 0 aliphatic rings. The average Bonchev–Trinajstić information content (AvgIpc) is 2.34. The monoisotopic (exact) mass is 215 g/mol. The van der Waals surface area contributed by atoms with E-state index in [0.29, 0.717) is 30.1 Å². The van der Waals surface area contributed by atoms with Gasteiger partial charge < -0.3 is 9.47 Å². The van der Waals surface area contributed by atoms with Crippen LogP contribution in [0.1, 0.15) is 18.4 Å². The number of rotatable bonds is 5. The molecule has 0 atom stereocenters. The van der Waals surface area contributed by atoms with E-state index < -0.39 is 0 Å². The molecule has 0 aromatic heterocycles. The molecule has 0 radical (unpaired) electrons. The molecule has 3 nitrogen and oxygen atoms in total. The lowest BCUT2D eigenvalue weighted by Gasteiger charge is -2.07. The van der Waals surface area contributed by atoms with Crippen molar-refractivity contribution in [2.75, 3.05) is 13.7 Å². The van der Waals surface area contributed by atoms with Crippen LogP contribution in [0.4, 0.5) is 0 Å². The van der Waals surface area contributed by atoms with E-state index in [0.717, 1.165) is 6.42 Å². The van der Waals surface area contributed by atoms with E-state index >= 15 is 0 Å². The van der Waals surface area contributed by atoms with Crippen LogP contribution in [0.25, 0.3) is 0 Å². The number of benzene rings is 1. The second-order valence-corrected chi connectivity index (χ2v) is 3.17. The Labute approximate surface area is 95.6 Å². The second kappa shape index (κ2) is 6.37. The maximum Gasteiger partial charge on any atom is 0.124 e. The Balaban J connectivity index is 2.66. The normalized spacial score (nSPS) is 8.94. The molecule has 3 heteroatoms. The van der Waals surface area contributed by atoms with Gasteiger partial charge in [0.2, 0.25) is 0 Å². The minimum Gasteiger partial charge on any atom is -0.497 e. The molecule has 0 fully saturated rings. The standard InChI is InChI=1S/C13H13NO2/c1-3-4-5-6-16-13-8-11(10-14)7-12(9-13)15-2/h1,7-9H,4-6H2,2H3. The van der Waals surface area contributed by atoms with Gasteiger partial charge in [0.15, 0.2) is 0 Å². The molecule has 1 aromatic rings. The first-order chi connectivity index (χ1) is 7.80. The first-order valence-corrected chi connectivity index (χ1v) is 4.95. The van der Waals surface area contributed by atoms with Crippen molar-refractivity contribution < 1.29 is 9.47 Å². The lowest BCUT2D eigenvalue weighted by molar-refractivity contribution is 0.310. The van der Waals surface area contributed by atoms with Gasteiger partial charge in [-0.3, -0.25) is 0 Å². The Morgan fingerprint density at radius 2 is 2.06 bits per heavy atom. The highest BCUT2D eigenvalue weighted by atomic mass is 16.5. The van der Waals surface area contributed by atoms with Crippen LogP contribution in [-0.4, -0.2) is 13.7 Å². The molecule has 0 aliphatic carbocycles. The summed E-state index contributed by atoms with van der Waals surface area (Å²) < 4.78 is 10.5. The highest BCUT2D eigenvalue weighted by Gasteiger charge is 2.01. The van der Waals surface area contributed by atoms with Crippen molar-refractivity contribution in [3.8, 4) is 29.9 Å². The molecule has 1 rings (SSSR count). The topological polar surface area (TPSA) is 42.2 Å². The number of terminal acetylenes is 1. The van der Waals surface area contributed by atoms with Crippen LogP contribution in [0.15, 0.2) is 18.2 Å². The van der Waals surface area contributed by atoms with Gasteiger partial charge in [-0.1, -0.05) is 0 Å². The molecular weight excluding hydrogens is 202 g/mol. The lowest BCUT2D eigenvalue weighted by atomic mass is 10.2. The van der Waals surface area contributed by atoms with E-state index in [9.17, 15) is 0 Å². The fraction of sp³-hybridized carbons (Fsp3) is 0.308. The van der Waals surface area contributed by atoms with Crippen molar-refractivity contribution in [1.29, 1.82) is 5.26 Å². The Kier molecular flexibility index (Phi) is 4.76. The Hall–Kier alpha value is -2.13. The predicted octanol–water partition coefficient (Wildman–Crippen LogP) is 2.36. The number of nitrogens with zero attached hydrogens (tertiary/aromatic N) is 1. The molecule has 0 N–H and O–H groups in total. The summed E-state index contributed by atoms with van der Waals surface area (Å²) in [5.74, 6) is 3.79. The van der Waals surface area contributed by atoms with Crippen molar-refractivity contribution >= 4 is 0 Å². The number of methoxy groups -OCH3 is 1. The molecule has 0 aliphatic heterocycles. The highest BCUT2D eigenvalue weighted by molar-refractivity contribution is 5.43. The first kappa shape index (κ1) is 11.9. The van der Waals surface area contributed by atoms with E-state index in [2.05, 4.69) is 12.0 Å². The van der Waals surface area contributed by atoms with Crippen LogP contribution in [0.3, 0.4) is 0 Å². The molecular formula is C13H13NO2. The zero-order valence-electron chi connectivity index (χ0n) is 9.19. The summed E-state index contributed by atoms with van der Waals surface area (Å²) in [6.45, 7) is 0.544. The predicted molar refractivity (Wildman–Crippen MR) is 61.3 cm³/mol. The van der Waals surface area contributed by atoms with Gasteiger partial charge >= 0.3 is 0 Å². The van der Waals surface area contributed by atoms with E-state index in [1.807, 2.05) is 0 Å². The summed E-state index contributed by atoms with van der Waals surface area (Å²) in [5, 5.41) is 8.80. The molecule has 82 valence electrons. The van der Waals surface area contributed by atoms with Gasteiger partial charge in [-0.05, 0) is 18.6 Å². The zero-order valence-corrected chi connectivity index (χ0v) is 9.19. The number of hydrogen-bond acceptors (Lipinski definition) is 3. The van der Waals surface area contributed by atoms with Crippen LogP contribution >= 0.6 is 0 Å². The maximum absolute atomic E-state index is 8.80. The third-order valence-electron chi connectivity index (χ3n) is 1.98. The Bertz CT molecular complexity index is 427. The van der Waals surface area contributed by atoms with Crippen LogP contribution < -0.4 is 9.47 Å². The minimum absolute atomic E-state index is 0.520. The molecule has 0 saturated carbocycles. The molecule has 0 amide bonds. The Morgan fingerprint density at radius 3 is 2.69 bits per heavy atom. The number of nitriles is 1. The Morgan fingerprint density at radius 1 is 1.31 bits per heavy atom. The van der Waals surface area contributed by atoms with Crippen molar-refractivity contribution in [3.05, 3.63) is 23.8 Å². The molecule has 0 unspecified atom stereocenters. The van der Waals surface area contributed by atoms with Gasteiger partial charge in [-0.25, -0.2) is 0 Å². The third kappa shape index (κ3) is 3.55. The van der Waals surface area contributed by atoms with Crippen LogP contribution in [0.2, 0.25) is 0 Å². The number of hydrogen-bond donors (Lipinski definition) is 0. The first-order valence-electron chi connectivity index (χ1n) is 4.95. The van der Waals surface area contributed by atoms with E-state index in [1.165, 1.54) is 0 Å². The van der Waals surface area contributed by atoms with Crippen LogP contribution in [-0.2, 0) is 0 Å². The van der Waals surface area contributed by atoms with Crippen LogP contribution in [0.5, 0.6) is 11.5 Å². The maximum atomic E-state index is 8.80. The minimum atomic E-state index is 0.520. The summed E-state index contributed by atoms with van der Waals surface area (Å²) in [5.41, 5.74) is 0.520. The van der Waals surface area contributed by atoms with Gasteiger partial charge in [0.1, 0.15) is 11.5 Å². The molecule has 0 spiro atoms. The quantitative estimate of drug-likeness (QED) is 0.559. The summed E-state index contributed by atoms with van der Waals surface area (Å²) in [6, 6.07) is 7.14. The third-order valence-corrected chi connectivity index (χ3v) is 1.98. The van der Waals surface area contributed by atoms with Crippen molar-refractivity contribution in [3.63, 3.8) is 0 Å². The van der Waals surface area contributed by atoms with E-state index in [-0.39, 0.29) is 0 Å². The molecule has 0 heterocycles. The fourth-order valence-corrected chi connectivity index (χ4v) is 1.20. The largest absolute Gasteiger partial charge is 0.497 e. The molecule has 0 saturated heterocycles. The van der Waals surface area contributed by atoms with E-state index in [4.69, 9.17) is 21.2 Å². The second-order valence-electron chi connectivity index (χ2n) is 3.17. The van der Waals surface area contributed by atoms with Gasteiger partial charge in [0.25, 0.3) is 0 Å². The molecule has 1 aromatic carbocycles. The van der Waals surface area contributed by atoms with Crippen molar-refractivity contribution in [2.45, 2.75) is 12.8 Å². The summed E-state index contributed by atoms with van der Waals surface area (Å²) in [4.78, 5) is 0. The lowest BCUT2D eigenvalue weighted by Crippen LogP contribution is -1.97. The SMILES string of the molecule is C#CCCCOc1cc(C#N)cc(OC)c1. The van der Waals surface area contributed by atoms with Gasteiger partial charge in [-0.2, -0.15) is 5.26 Å². The summed E-state index contributed by atoms with van der Waals surface area (Å²) in [6.07, 6.45) is 6.62. The van der Waals surface area contributed by atoms with Crippen molar-refractivity contribution in [2.24, 2.45) is 0 Å².